The fraction of sp³-hybridized carbons (Fsp3) is 0. The van der Waals surface area contributed by atoms with Crippen molar-refractivity contribution >= 4 is 38.1 Å². The molecule has 4 radical (unpaired) electrons. The normalized spacial score (nSPS) is 10.4. The minimum Gasteiger partial charge on any atom is -0.215 e. The predicted octanol–water partition coefficient (Wildman–Crippen LogP) is 5.97. The van der Waals surface area contributed by atoms with Crippen LogP contribution in [-0.4, -0.2) is 11.0 Å². The SMILES string of the molecule is FC=C(c1cccc2ccccc12)c1cccc2ccccc12.[Si]. The van der Waals surface area contributed by atoms with Crippen molar-refractivity contribution in [3.05, 3.63) is 102 Å². The summed E-state index contributed by atoms with van der Waals surface area (Å²) in [7, 11) is 0. The molecule has 0 amide bonds. The molecule has 0 spiro atoms. The van der Waals surface area contributed by atoms with Crippen LogP contribution in [0.25, 0.3) is 27.1 Å². The van der Waals surface area contributed by atoms with E-state index in [1.54, 1.807) is 0 Å². The highest BCUT2D eigenvalue weighted by Gasteiger charge is 2.11. The zero-order chi connectivity index (χ0) is 15.6. The lowest BCUT2D eigenvalue weighted by molar-refractivity contribution is 0.724. The second-order valence-electron chi connectivity index (χ2n) is 5.58. The molecule has 4 aromatic carbocycles. The third kappa shape index (κ3) is 2.66. The molecule has 4 aromatic rings. The standard InChI is InChI=1S/C22H15F.Si/c23-15-22(20-13-5-9-16-7-1-3-11-18(16)20)21-14-6-10-17-8-2-4-12-19(17)21;/h1-15H;. The predicted molar refractivity (Wildman–Crippen MR) is 102 cm³/mol. The molecule has 0 aromatic heterocycles. The molecule has 0 atom stereocenters. The Labute approximate surface area is 145 Å². The average Bonchev–Trinajstić information content (AvgIpc) is 2.63. The van der Waals surface area contributed by atoms with E-state index in [1.807, 2.05) is 60.7 Å². The smallest absolute Gasteiger partial charge is 0.0951 e. The van der Waals surface area contributed by atoms with Gasteiger partial charge in [-0.15, -0.1) is 0 Å². The van der Waals surface area contributed by atoms with Crippen molar-refractivity contribution in [2.24, 2.45) is 0 Å². The molecule has 0 aliphatic heterocycles. The number of fused-ring (bicyclic) bond motifs is 2. The van der Waals surface area contributed by atoms with E-state index in [4.69, 9.17) is 0 Å². The summed E-state index contributed by atoms with van der Waals surface area (Å²) in [6, 6.07) is 28.2. The molecule has 114 valence electrons. The van der Waals surface area contributed by atoms with E-state index in [0.717, 1.165) is 39.0 Å². The van der Waals surface area contributed by atoms with E-state index >= 15 is 0 Å². The van der Waals surface area contributed by atoms with Crippen molar-refractivity contribution in [1.82, 2.24) is 0 Å². The highest BCUT2D eigenvalue weighted by atomic mass is 28.1. The van der Waals surface area contributed by atoms with E-state index < -0.39 is 0 Å². The summed E-state index contributed by atoms with van der Waals surface area (Å²) in [5, 5.41) is 4.35. The molecule has 2 heteroatoms. The zero-order valence-electron chi connectivity index (χ0n) is 13.0. The summed E-state index contributed by atoms with van der Waals surface area (Å²) in [4.78, 5) is 0. The Morgan fingerprint density at radius 1 is 0.583 bits per heavy atom. The molecule has 0 N–H and O–H groups in total. The van der Waals surface area contributed by atoms with E-state index in [1.165, 1.54) is 0 Å². The van der Waals surface area contributed by atoms with Gasteiger partial charge >= 0.3 is 0 Å². The van der Waals surface area contributed by atoms with Crippen molar-refractivity contribution in [3.8, 4) is 0 Å². The fourth-order valence-electron chi connectivity index (χ4n) is 3.18. The van der Waals surface area contributed by atoms with Crippen molar-refractivity contribution in [2.75, 3.05) is 0 Å². The third-order valence-corrected chi connectivity index (χ3v) is 4.27. The lowest BCUT2D eigenvalue weighted by Gasteiger charge is -2.12. The van der Waals surface area contributed by atoms with Crippen LogP contribution in [-0.2, 0) is 0 Å². The van der Waals surface area contributed by atoms with Gasteiger partial charge in [0.05, 0.1) is 6.33 Å². The zero-order valence-corrected chi connectivity index (χ0v) is 14.0. The summed E-state index contributed by atoms with van der Waals surface area (Å²) in [5.74, 6) is 0. The summed E-state index contributed by atoms with van der Waals surface area (Å²) in [5.41, 5.74) is 2.46. The molecular formula is C22H15FSi. The second kappa shape index (κ2) is 6.81. The first-order chi connectivity index (χ1) is 11.4. The molecule has 0 heterocycles. The first kappa shape index (κ1) is 16.2. The molecule has 24 heavy (non-hydrogen) atoms. The molecule has 0 unspecified atom stereocenters. The maximum absolute atomic E-state index is 13.9. The van der Waals surface area contributed by atoms with Crippen LogP contribution in [0.2, 0.25) is 0 Å². The van der Waals surface area contributed by atoms with E-state index in [2.05, 4.69) is 24.3 Å². The topological polar surface area (TPSA) is 0 Å². The molecule has 0 bridgehead atoms. The minimum absolute atomic E-state index is 0. The van der Waals surface area contributed by atoms with Crippen molar-refractivity contribution in [1.29, 1.82) is 0 Å². The van der Waals surface area contributed by atoms with Gasteiger partial charge < -0.3 is 0 Å². The molecule has 0 saturated carbocycles. The van der Waals surface area contributed by atoms with Crippen LogP contribution >= 0.6 is 0 Å². The fourth-order valence-corrected chi connectivity index (χ4v) is 3.18. The maximum Gasteiger partial charge on any atom is 0.0951 e. The van der Waals surface area contributed by atoms with E-state index in [-0.39, 0.29) is 11.0 Å². The van der Waals surface area contributed by atoms with E-state index in [0.29, 0.717) is 5.57 Å². The lowest BCUT2D eigenvalue weighted by atomic mass is 9.91. The van der Waals surface area contributed by atoms with Crippen LogP contribution in [0.3, 0.4) is 0 Å². The number of rotatable bonds is 2. The number of hydrogen-bond acceptors (Lipinski definition) is 0. The summed E-state index contributed by atoms with van der Waals surface area (Å²) in [6.07, 6.45) is 0.726. The monoisotopic (exact) mass is 326 g/mol. The van der Waals surface area contributed by atoms with Crippen LogP contribution in [0.15, 0.2) is 91.3 Å². The largest absolute Gasteiger partial charge is 0.215 e. The van der Waals surface area contributed by atoms with Gasteiger partial charge in [0.1, 0.15) is 0 Å². The molecule has 0 nitrogen and oxygen atoms in total. The van der Waals surface area contributed by atoms with Gasteiger partial charge in [0.2, 0.25) is 0 Å². The Morgan fingerprint density at radius 2 is 1.00 bits per heavy atom. The highest BCUT2D eigenvalue weighted by molar-refractivity contribution is 6.03. The molecule has 0 aliphatic carbocycles. The Kier molecular flexibility index (Phi) is 4.58. The minimum atomic E-state index is 0. The maximum atomic E-state index is 13.9. The Bertz CT molecular complexity index is 942. The number of hydrogen-bond donors (Lipinski definition) is 0. The van der Waals surface area contributed by atoms with Crippen molar-refractivity contribution < 1.29 is 4.39 Å². The van der Waals surface area contributed by atoms with Crippen LogP contribution < -0.4 is 0 Å². The van der Waals surface area contributed by atoms with Crippen molar-refractivity contribution in [3.63, 3.8) is 0 Å². The van der Waals surface area contributed by atoms with Crippen LogP contribution in [0.4, 0.5) is 4.39 Å². The van der Waals surface area contributed by atoms with Gasteiger partial charge in [-0.1, -0.05) is 84.9 Å². The Balaban J connectivity index is 0.00000169. The van der Waals surface area contributed by atoms with Gasteiger partial charge in [-0.25, -0.2) is 4.39 Å². The quantitative estimate of drug-likeness (QED) is 0.398. The summed E-state index contributed by atoms with van der Waals surface area (Å²) >= 11 is 0. The molecular weight excluding hydrogens is 311 g/mol. The van der Waals surface area contributed by atoms with Crippen LogP contribution in [0.1, 0.15) is 11.1 Å². The van der Waals surface area contributed by atoms with Crippen LogP contribution in [0, 0.1) is 0 Å². The first-order valence-electron chi connectivity index (χ1n) is 7.65. The molecule has 4 rings (SSSR count). The Hall–Kier alpha value is -2.71. The van der Waals surface area contributed by atoms with E-state index in [9.17, 15) is 4.39 Å². The molecule has 0 aliphatic rings. The number of halogens is 1. The van der Waals surface area contributed by atoms with Gasteiger partial charge in [-0.2, -0.15) is 0 Å². The summed E-state index contributed by atoms with van der Waals surface area (Å²) < 4.78 is 13.9. The third-order valence-electron chi connectivity index (χ3n) is 4.27. The molecule has 0 saturated heterocycles. The van der Waals surface area contributed by atoms with Gasteiger partial charge in [-0.05, 0) is 32.7 Å². The first-order valence-corrected chi connectivity index (χ1v) is 7.65. The molecule has 0 fully saturated rings. The van der Waals surface area contributed by atoms with Gasteiger partial charge in [-0.3, -0.25) is 0 Å². The van der Waals surface area contributed by atoms with Crippen LogP contribution in [0.5, 0.6) is 0 Å². The van der Waals surface area contributed by atoms with Crippen molar-refractivity contribution in [2.45, 2.75) is 0 Å². The van der Waals surface area contributed by atoms with Gasteiger partial charge in [0.25, 0.3) is 0 Å². The lowest BCUT2D eigenvalue weighted by Crippen LogP contribution is -1.91. The van der Waals surface area contributed by atoms with Gasteiger partial charge in [0, 0.05) is 16.5 Å². The number of benzene rings is 4. The highest BCUT2D eigenvalue weighted by Crippen LogP contribution is 2.33. The van der Waals surface area contributed by atoms with Gasteiger partial charge in [0.15, 0.2) is 0 Å². The summed E-state index contributed by atoms with van der Waals surface area (Å²) in [6.45, 7) is 0. The second-order valence-corrected chi connectivity index (χ2v) is 5.58. The average molecular weight is 326 g/mol. The Morgan fingerprint density at radius 3 is 1.46 bits per heavy atom.